The SMILES string of the molecule is Fc1ccc(NC2CCSC2)cn1. The Morgan fingerprint density at radius 3 is 3.08 bits per heavy atom. The predicted octanol–water partition coefficient (Wildman–Crippen LogP) is 2.14. The van der Waals surface area contributed by atoms with Gasteiger partial charge in [0.25, 0.3) is 0 Å². The smallest absolute Gasteiger partial charge is 0.212 e. The molecule has 0 amide bonds. The number of hydrogen-bond acceptors (Lipinski definition) is 3. The number of anilines is 1. The Bertz CT molecular complexity index is 269. The summed E-state index contributed by atoms with van der Waals surface area (Å²) in [6.07, 6.45) is 2.72. The molecule has 2 heterocycles. The van der Waals surface area contributed by atoms with E-state index in [0.29, 0.717) is 6.04 Å². The molecule has 2 rings (SSSR count). The molecule has 1 aromatic rings. The van der Waals surface area contributed by atoms with E-state index in [2.05, 4.69) is 10.3 Å². The number of thioether (sulfide) groups is 1. The van der Waals surface area contributed by atoms with Crippen LogP contribution >= 0.6 is 11.8 Å². The number of pyridine rings is 1. The van der Waals surface area contributed by atoms with Crippen LogP contribution in [-0.2, 0) is 0 Å². The zero-order valence-electron chi connectivity index (χ0n) is 7.16. The molecule has 4 heteroatoms. The lowest BCUT2D eigenvalue weighted by Crippen LogP contribution is -2.18. The van der Waals surface area contributed by atoms with E-state index < -0.39 is 5.95 Å². The average Bonchev–Trinajstić information content (AvgIpc) is 2.62. The number of rotatable bonds is 2. The maximum absolute atomic E-state index is 12.5. The number of halogens is 1. The Labute approximate surface area is 80.9 Å². The summed E-state index contributed by atoms with van der Waals surface area (Å²) >= 11 is 1.95. The van der Waals surface area contributed by atoms with Gasteiger partial charge < -0.3 is 5.32 Å². The summed E-state index contributed by atoms with van der Waals surface area (Å²) in [4.78, 5) is 3.59. The summed E-state index contributed by atoms with van der Waals surface area (Å²) < 4.78 is 12.5. The Balaban J connectivity index is 1.97. The highest BCUT2D eigenvalue weighted by molar-refractivity contribution is 7.99. The molecule has 1 unspecified atom stereocenters. The van der Waals surface area contributed by atoms with Gasteiger partial charge in [-0.1, -0.05) is 0 Å². The van der Waals surface area contributed by atoms with Gasteiger partial charge in [0.05, 0.1) is 11.9 Å². The maximum Gasteiger partial charge on any atom is 0.212 e. The minimum absolute atomic E-state index is 0.425. The number of hydrogen-bond donors (Lipinski definition) is 1. The van der Waals surface area contributed by atoms with Gasteiger partial charge in [-0.05, 0) is 24.3 Å². The lowest BCUT2D eigenvalue weighted by molar-refractivity contribution is 0.584. The molecule has 1 fully saturated rings. The highest BCUT2D eigenvalue weighted by Gasteiger charge is 2.14. The molecule has 1 aliphatic heterocycles. The largest absolute Gasteiger partial charge is 0.380 e. The van der Waals surface area contributed by atoms with Crippen LogP contribution in [0.2, 0.25) is 0 Å². The van der Waals surface area contributed by atoms with Crippen LogP contribution in [-0.4, -0.2) is 22.5 Å². The van der Waals surface area contributed by atoms with Gasteiger partial charge in [0.2, 0.25) is 5.95 Å². The van der Waals surface area contributed by atoms with Crippen LogP contribution in [0.25, 0.3) is 0 Å². The van der Waals surface area contributed by atoms with Gasteiger partial charge in [-0.15, -0.1) is 0 Å². The Hall–Kier alpha value is -0.770. The van der Waals surface area contributed by atoms with E-state index in [9.17, 15) is 4.39 Å². The number of nitrogens with zero attached hydrogens (tertiary/aromatic N) is 1. The molecule has 13 heavy (non-hydrogen) atoms. The van der Waals surface area contributed by atoms with E-state index in [-0.39, 0.29) is 0 Å². The molecule has 0 aliphatic carbocycles. The summed E-state index contributed by atoms with van der Waals surface area (Å²) in [5.41, 5.74) is 0.911. The second-order valence-electron chi connectivity index (χ2n) is 3.07. The van der Waals surface area contributed by atoms with Gasteiger partial charge in [0.1, 0.15) is 0 Å². The molecule has 1 saturated heterocycles. The van der Waals surface area contributed by atoms with Gasteiger partial charge in [-0.2, -0.15) is 16.2 Å². The quantitative estimate of drug-likeness (QED) is 0.737. The molecule has 0 aromatic carbocycles. The van der Waals surface area contributed by atoms with E-state index >= 15 is 0 Å². The van der Waals surface area contributed by atoms with Crippen molar-refractivity contribution in [3.8, 4) is 0 Å². The second-order valence-corrected chi connectivity index (χ2v) is 4.22. The fourth-order valence-electron chi connectivity index (χ4n) is 1.35. The van der Waals surface area contributed by atoms with E-state index in [4.69, 9.17) is 0 Å². The standard InChI is InChI=1S/C9H11FN2S/c10-9-2-1-7(5-11-9)12-8-3-4-13-6-8/h1-2,5,8,12H,3-4,6H2. The maximum atomic E-state index is 12.5. The third kappa shape index (κ3) is 2.34. The molecule has 2 nitrogen and oxygen atoms in total. The first kappa shape index (κ1) is 8.81. The van der Waals surface area contributed by atoms with Crippen LogP contribution in [0.15, 0.2) is 18.3 Å². The Morgan fingerprint density at radius 2 is 2.46 bits per heavy atom. The molecule has 0 radical (unpaired) electrons. The average molecular weight is 198 g/mol. The third-order valence-corrected chi connectivity index (χ3v) is 3.19. The van der Waals surface area contributed by atoms with Gasteiger partial charge in [-0.25, -0.2) is 4.98 Å². The van der Waals surface area contributed by atoms with E-state index in [1.54, 1.807) is 12.3 Å². The highest BCUT2D eigenvalue weighted by Crippen LogP contribution is 2.20. The van der Waals surface area contributed by atoms with E-state index in [0.717, 1.165) is 11.4 Å². The van der Waals surface area contributed by atoms with Crippen molar-refractivity contribution in [2.75, 3.05) is 16.8 Å². The Kier molecular flexibility index (Phi) is 2.68. The molecular formula is C9H11FN2S. The lowest BCUT2D eigenvalue weighted by atomic mass is 10.2. The van der Waals surface area contributed by atoms with Gasteiger partial charge in [-0.3, -0.25) is 0 Å². The van der Waals surface area contributed by atoms with Crippen LogP contribution < -0.4 is 5.32 Å². The number of aromatic nitrogens is 1. The van der Waals surface area contributed by atoms with Crippen molar-refractivity contribution in [1.29, 1.82) is 0 Å². The van der Waals surface area contributed by atoms with Crippen molar-refractivity contribution in [2.45, 2.75) is 12.5 Å². The summed E-state index contributed by atoms with van der Waals surface area (Å²) in [5, 5.41) is 3.32. The molecule has 1 atom stereocenters. The van der Waals surface area contributed by atoms with Gasteiger partial charge in [0, 0.05) is 11.8 Å². The molecule has 1 aliphatic rings. The predicted molar refractivity (Wildman–Crippen MR) is 53.5 cm³/mol. The van der Waals surface area contributed by atoms with Crippen LogP contribution in [0.5, 0.6) is 0 Å². The van der Waals surface area contributed by atoms with Crippen molar-refractivity contribution in [3.63, 3.8) is 0 Å². The molecular weight excluding hydrogens is 187 g/mol. The van der Waals surface area contributed by atoms with Crippen molar-refractivity contribution in [3.05, 3.63) is 24.3 Å². The minimum atomic E-state index is -0.425. The van der Waals surface area contributed by atoms with E-state index in [1.165, 1.54) is 18.2 Å². The molecule has 1 aromatic heterocycles. The summed E-state index contributed by atoms with van der Waals surface area (Å²) in [6.45, 7) is 0. The van der Waals surface area contributed by atoms with Crippen molar-refractivity contribution in [1.82, 2.24) is 4.98 Å². The third-order valence-electron chi connectivity index (χ3n) is 2.03. The van der Waals surface area contributed by atoms with Crippen LogP contribution in [0.4, 0.5) is 10.1 Å². The monoisotopic (exact) mass is 198 g/mol. The topological polar surface area (TPSA) is 24.9 Å². The molecule has 0 saturated carbocycles. The van der Waals surface area contributed by atoms with Gasteiger partial charge >= 0.3 is 0 Å². The molecule has 1 N–H and O–H groups in total. The molecule has 0 bridgehead atoms. The Morgan fingerprint density at radius 1 is 1.54 bits per heavy atom. The second kappa shape index (κ2) is 3.96. The van der Waals surface area contributed by atoms with Crippen molar-refractivity contribution >= 4 is 17.4 Å². The van der Waals surface area contributed by atoms with Crippen molar-refractivity contribution in [2.24, 2.45) is 0 Å². The summed E-state index contributed by atoms with van der Waals surface area (Å²) in [6, 6.07) is 3.63. The summed E-state index contributed by atoms with van der Waals surface area (Å²) in [5.74, 6) is 1.93. The summed E-state index contributed by atoms with van der Waals surface area (Å²) in [7, 11) is 0. The zero-order chi connectivity index (χ0) is 9.10. The highest BCUT2D eigenvalue weighted by atomic mass is 32.2. The fraction of sp³-hybridized carbons (Fsp3) is 0.444. The molecule has 0 spiro atoms. The first-order chi connectivity index (χ1) is 6.34. The lowest BCUT2D eigenvalue weighted by Gasteiger charge is -2.11. The number of nitrogens with one attached hydrogen (secondary N) is 1. The van der Waals surface area contributed by atoms with Crippen LogP contribution in [0, 0.1) is 5.95 Å². The fourth-order valence-corrected chi connectivity index (χ4v) is 2.50. The van der Waals surface area contributed by atoms with E-state index in [1.807, 2.05) is 11.8 Å². The van der Waals surface area contributed by atoms with Crippen LogP contribution in [0.3, 0.4) is 0 Å². The van der Waals surface area contributed by atoms with Crippen LogP contribution in [0.1, 0.15) is 6.42 Å². The first-order valence-electron chi connectivity index (χ1n) is 4.30. The van der Waals surface area contributed by atoms with Crippen molar-refractivity contribution < 1.29 is 4.39 Å². The normalized spacial score (nSPS) is 21.8. The first-order valence-corrected chi connectivity index (χ1v) is 5.46. The zero-order valence-corrected chi connectivity index (χ0v) is 7.98. The minimum Gasteiger partial charge on any atom is -0.380 e. The van der Waals surface area contributed by atoms with Gasteiger partial charge in [0.15, 0.2) is 0 Å². The molecule has 70 valence electrons.